The molecule has 7 heteroatoms. The highest BCUT2D eigenvalue weighted by atomic mass is 32.2. The summed E-state index contributed by atoms with van der Waals surface area (Å²) in [6.45, 7) is 1.35. The number of methoxy groups -OCH3 is 1. The molecule has 0 saturated heterocycles. The van der Waals surface area contributed by atoms with Crippen LogP contribution in [0.5, 0.6) is 5.75 Å². The summed E-state index contributed by atoms with van der Waals surface area (Å²) in [5.74, 6) is 0.979. The second kappa shape index (κ2) is 7.16. The molecule has 0 radical (unpaired) electrons. The molecule has 1 aromatic carbocycles. The van der Waals surface area contributed by atoms with Gasteiger partial charge < -0.3 is 14.3 Å². The van der Waals surface area contributed by atoms with Crippen molar-refractivity contribution in [2.75, 3.05) is 19.4 Å². The first kappa shape index (κ1) is 17.5. The van der Waals surface area contributed by atoms with Gasteiger partial charge in [0.15, 0.2) is 0 Å². The zero-order chi connectivity index (χ0) is 16.9. The van der Waals surface area contributed by atoms with Gasteiger partial charge in [-0.3, -0.25) is 0 Å². The number of rotatable bonds is 8. The molecule has 126 valence electrons. The number of hydrogen-bond acceptors (Lipinski definition) is 5. The van der Waals surface area contributed by atoms with E-state index in [-0.39, 0.29) is 12.3 Å². The molecule has 1 heterocycles. The number of ether oxygens (including phenoxy) is 1. The summed E-state index contributed by atoms with van der Waals surface area (Å²) >= 11 is 0. The van der Waals surface area contributed by atoms with E-state index >= 15 is 0 Å². The molecule has 23 heavy (non-hydrogen) atoms. The van der Waals surface area contributed by atoms with Crippen molar-refractivity contribution < 1.29 is 22.7 Å². The number of sulfonamides is 1. The fourth-order valence-corrected chi connectivity index (χ4v) is 3.19. The van der Waals surface area contributed by atoms with Crippen LogP contribution in [0.1, 0.15) is 18.2 Å². The number of furan rings is 1. The predicted octanol–water partition coefficient (Wildman–Crippen LogP) is 1.66. The quantitative estimate of drug-likeness (QED) is 0.763. The molecule has 6 nitrogen and oxygen atoms in total. The molecule has 1 atom stereocenters. The summed E-state index contributed by atoms with van der Waals surface area (Å²) < 4.78 is 36.7. The van der Waals surface area contributed by atoms with Crippen molar-refractivity contribution in [2.45, 2.75) is 18.9 Å². The minimum atomic E-state index is -3.50. The Labute approximate surface area is 136 Å². The molecule has 0 bridgehead atoms. The van der Waals surface area contributed by atoms with Gasteiger partial charge in [0.2, 0.25) is 10.0 Å². The first-order valence-corrected chi connectivity index (χ1v) is 8.84. The molecule has 0 aliphatic rings. The van der Waals surface area contributed by atoms with Crippen molar-refractivity contribution >= 4 is 10.0 Å². The molecule has 0 amide bonds. The minimum Gasteiger partial charge on any atom is -0.497 e. The van der Waals surface area contributed by atoms with E-state index in [2.05, 4.69) is 4.72 Å². The molecule has 0 aliphatic heterocycles. The molecule has 0 fully saturated rings. The van der Waals surface area contributed by atoms with Crippen LogP contribution in [0, 0.1) is 0 Å². The SMILES string of the molecule is COc1ccc(CCS(=O)(=O)NCC(C)(O)c2ccco2)cc1. The van der Waals surface area contributed by atoms with Gasteiger partial charge >= 0.3 is 0 Å². The molecule has 2 aromatic rings. The number of nitrogens with one attached hydrogen (secondary N) is 1. The first-order chi connectivity index (χ1) is 10.8. The molecule has 0 aliphatic carbocycles. The Morgan fingerprint density at radius 1 is 1.26 bits per heavy atom. The minimum absolute atomic E-state index is 0.0619. The molecular weight excluding hydrogens is 318 g/mol. The second-order valence-electron chi connectivity index (χ2n) is 5.49. The van der Waals surface area contributed by atoms with E-state index in [0.29, 0.717) is 12.2 Å². The third-order valence-corrected chi connectivity index (χ3v) is 4.83. The lowest BCUT2D eigenvalue weighted by Gasteiger charge is -2.21. The monoisotopic (exact) mass is 339 g/mol. The highest BCUT2D eigenvalue weighted by Crippen LogP contribution is 2.20. The van der Waals surface area contributed by atoms with Gasteiger partial charge in [-0.05, 0) is 43.2 Å². The van der Waals surface area contributed by atoms with Gasteiger partial charge in [-0.15, -0.1) is 0 Å². The first-order valence-electron chi connectivity index (χ1n) is 7.19. The van der Waals surface area contributed by atoms with Crippen molar-refractivity contribution in [3.8, 4) is 5.75 Å². The normalized spacial score (nSPS) is 14.4. The predicted molar refractivity (Wildman–Crippen MR) is 86.8 cm³/mol. The van der Waals surface area contributed by atoms with Gasteiger partial charge in [0.1, 0.15) is 17.1 Å². The van der Waals surface area contributed by atoms with Crippen LogP contribution in [0.15, 0.2) is 47.1 Å². The molecular formula is C16H21NO5S. The summed E-state index contributed by atoms with van der Waals surface area (Å²) in [4.78, 5) is 0. The van der Waals surface area contributed by atoms with E-state index in [9.17, 15) is 13.5 Å². The summed E-state index contributed by atoms with van der Waals surface area (Å²) in [6.07, 6.45) is 1.81. The Balaban J connectivity index is 1.89. The third-order valence-electron chi connectivity index (χ3n) is 3.51. The maximum atomic E-state index is 12.1. The Kier molecular flexibility index (Phi) is 5.46. The van der Waals surface area contributed by atoms with E-state index < -0.39 is 15.6 Å². The Morgan fingerprint density at radius 2 is 1.96 bits per heavy atom. The standard InChI is InChI=1S/C16H21NO5S/c1-16(18,15-4-3-10-22-15)12-17-23(19,20)11-9-13-5-7-14(21-2)8-6-13/h3-8,10,17-18H,9,11-12H2,1-2H3. The summed E-state index contributed by atoms with van der Waals surface area (Å²) in [6, 6.07) is 10.5. The fourth-order valence-electron chi connectivity index (χ4n) is 2.04. The van der Waals surface area contributed by atoms with Crippen LogP contribution in [0.3, 0.4) is 0 Å². The summed E-state index contributed by atoms with van der Waals surface area (Å²) in [5, 5.41) is 10.2. The maximum absolute atomic E-state index is 12.1. The number of aryl methyl sites for hydroxylation is 1. The van der Waals surface area contributed by atoms with Crippen molar-refractivity contribution in [2.24, 2.45) is 0 Å². The molecule has 0 saturated carbocycles. The van der Waals surface area contributed by atoms with E-state index in [1.807, 2.05) is 12.1 Å². The topological polar surface area (TPSA) is 88.8 Å². The average Bonchev–Trinajstić information content (AvgIpc) is 3.07. The van der Waals surface area contributed by atoms with Crippen LogP contribution in [-0.4, -0.2) is 32.9 Å². The molecule has 1 unspecified atom stereocenters. The zero-order valence-electron chi connectivity index (χ0n) is 13.2. The van der Waals surface area contributed by atoms with Crippen LogP contribution in [0.25, 0.3) is 0 Å². The number of aliphatic hydroxyl groups is 1. The van der Waals surface area contributed by atoms with Crippen molar-refractivity contribution in [1.82, 2.24) is 4.72 Å². The number of hydrogen-bond donors (Lipinski definition) is 2. The van der Waals surface area contributed by atoms with E-state index in [0.717, 1.165) is 11.3 Å². The largest absolute Gasteiger partial charge is 0.497 e. The lowest BCUT2D eigenvalue weighted by Crippen LogP contribution is -2.39. The summed E-state index contributed by atoms with van der Waals surface area (Å²) in [5.41, 5.74) is -0.495. The summed E-state index contributed by atoms with van der Waals surface area (Å²) in [7, 11) is -1.92. The van der Waals surface area contributed by atoms with Crippen molar-refractivity contribution in [3.05, 3.63) is 54.0 Å². The molecule has 2 rings (SSSR count). The van der Waals surface area contributed by atoms with Crippen LogP contribution >= 0.6 is 0 Å². The van der Waals surface area contributed by atoms with E-state index in [1.165, 1.54) is 13.2 Å². The Bertz CT molecular complexity index is 705. The van der Waals surface area contributed by atoms with Gasteiger partial charge in [-0.25, -0.2) is 13.1 Å². The van der Waals surface area contributed by atoms with Gasteiger partial charge in [-0.1, -0.05) is 12.1 Å². The van der Waals surface area contributed by atoms with E-state index in [4.69, 9.17) is 9.15 Å². The molecule has 1 aromatic heterocycles. The fraction of sp³-hybridized carbons (Fsp3) is 0.375. The molecule has 0 spiro atoms. The lowest BCUT2D eigenvalue weighted by atomic mass is 10.1. The van der Waals surface area contributed by atoms with Crippen molar-refractivity contribution in [3.63, 3.8) is 0 Å². The van der Waals surface area contributed by atoms with Crippen LogP contribution in [0.4, 0.5) is 0 Å². The highest BCUT2D eigenvalue weighted by molar-refractivity contribution is 7.89. The third kappa shape index (κ3) is 5.09. The van der Waals surface area contributed by atoms with Crippen LogP contribution in [0.2, 0.25) is 0 Å². The highest BCUT2D eigenvalue weighted by Gasteiger charge is 2.28. The average molecular weight is 339 g/mol. The van der Waals surface area contributed by atoms with Crippen molar-refractivity contribution in [1.29, 1.82) is 0 Å². The van der Waals surface area contributed by atoms with Gasteiger partial charge in [0, 0.05) is 6.54 Å². The zero-order valence-corrected chi connectivity index (χ0v) is 14.0. The van der Waals surface area contributed by atoms with E-state index in [1.54, 1.807) is 31.4 Å². The Morgan fingerprint density at radius 3 is 2.52 bits per heavy atom. The van der Waals surface area contributed by atoms with Gasteiger partial charge in [0.25, 0.3) is 0 Å². The van der Waals surface area contributed by atoms with Gasteiger partial charge in [-0.2, -0.15) is 0 Å². The maximum Gasteiger partial charge on any atom is 0.212 e. The van der Waals surface area contributed by atoms with Gasteiger partial charge in [0.05, 0.1) is 19.1 Å². The smallest absolute Gasteiger partial charge is 0.212 e. The Hall–Kier alpha value is -1.83. The lowest BCUT2D eigenvalue weighted by molar-refractivity contribution is 0.0395. The molecule has 2 N–H and O–H groups in total. The second-order valence-corrected chi connectivity index (χ2v) is 7.42. The number of benzene rings is 1. The van der Waals surface area contributed by atoms with Crippen LogP contribution in [-0.2, 0) is 22.0 Å². The van der Waals surface area contributed by atoms with Crippen LogP contribution < -0.4 is 9.46 Å².